The quantitative estimate of drug-likeness (QED) is 0.507. The van der Waals surface area contributed by atoms with Crippen LogP contribution in [0.1, 0.15) is 0 Å². The van der Waals surface area contributed by atoms with Crippen molar-refractivity contribution in [1.82, 2.24) is 0 Å². The third-order valence-corrected chi connectivity index (χ3v) is 1.40. The first-order valence-corrected chi connectivity index (χ1v) is 3.04. The third kappa shape index (κ3) is 2.10. The summed E-state index contributed by atoms with van der Waals surface area (Å²) in [5, 5.41) is 26.3. The Morgan fingerprint density at radius 3 is 2.42 bits per heavy atom. The first kappa shape index (κ1) is 11.2. The number of hydrogen-bond acceptors (Lipinski definition) is 4. The summed E-state index contributed by atoms with van der Waals surface area (Å²) in [4.78, 5) is 10.3. The Hall–Kier alpha value is -0.780. The van der Waals surface area contributed by atoms with Crippen LogP contribution in [0.4, 0.5) is 0 Å². The Morgan fingerprint density at radius 2 is 2.00 bits per heavy atom. The number of ether oxygens (including phenoxy) is 1. The van der Waals surface area contributed by atoms with Gasteiger partial charge in [-0.15, -0.1) is 12.4 Å². The van der Waals surface area contributed by atoms with Crippen molar-refractivity contribution in [2.24, 2.45) is 0 Å². The monoisotopic (exact) mass is 196 g/mol. The first-order chi connectivity index (χ1) is 5.13. The van der Waals surface area contributed by atoms with E-state index in [9.17, 15) is 4.79 Å². The van der Waals surface area contributed by atoms with Gasteiger partial charge in [-0.1, -0.05) is 0 Å². The van der Waals surface area contributed by atoms with E-state index in [-0.39, 0.29) is 12.4 Å². The summed E-state index contributed by atoms with van der Waals surface area (Å²) in [5.74, 6) is -1.29. The molecule has 3 N–H and O–H groups in total. The lowest BCUT2D eigenvalue weighted by atomic mass is 10.1. The van der Waals surface area contributed by atoms with E-state index in [0.717, 1.165) is 6.26 Å². The number of aliphatic hydroxyl groups excluding tert-OH is 2. The summed E-state index contributed by atoms with van der Waals surface area (Å²) >= 11 is 0. The van der Waals surface area contributed by atoms with Gasteiger partial charge >= 0.3 is 5.97 Å². The number of hydrogen-bond donors (Lipinski definition) is 3. The van der Waals surface area contributed by atoms with Crippen molar-refractivity contribution in [2.75, 3.05) is 0 Å². The normalized spacial score (nSPS) is 33.3. The van der Waals surface area contributed by atoms with Crippen molar-refractivity contribution in [1.29, 1.82) is 0 Å². The molecule has 0 saturated heterocycles. The van der Waals surface area contributed by atoms with Gasteiger partial charge in [-0.05, 0) is 6.08 Å². The smallest absolute Gasteiger partial charge is 0.347 e. The van der Waals surface area contributed by atoms with Gasteiger partial charge in [-0.25, -0.2) is 4.79 Å². The molecule has 0 aliphatic carbocycles. The maximum Gasteiger partial charge on any atom is 0.347 e. The van der Waals surface area contributed by atoms with E-state index in [1.54, 1.807) is 0 Å². The van der Waals surface area contributed by atoms with E-state index in [1.807, 2.05) is 0 Å². The summed E-state index contributed by atoms with van der Waals surface area (Å²) in [5.41, 5.74) is 0. The van der Waals surface area contributed by atoms with Crippen LogP contribution in [0.3, 0.4) is 0 Å². The van der Waals surface area contributed by atoms with Crippen molar-refractivity contribution in [2.45, 2.75) is 18.3 Å². The van der Waals surface area contributed by atoms with Crippen LogP contribution in [0.2, 0.25) is 0 Å². The molecule has 1 heterocycles. The minimum Gasteiger partial charge on any atom is -0.484 e. The lowest BCUT2D eigenvalue weighted by Crippen LogP contribution is -2.44. The molecule has 0 aromatic heterocycles. The molecule has 0 aromatic rings. The predicted octanol–water partition coefficient (Wildman–Crippen LogP) is -0.873. The van der Waals surface area contributed by atoms with Crippen LogP contribution in [0.25, 0.3) is 0 Å². The van der Waals surface area contributed by atoms with E-state index >= 15 is 0 Å². The Morgan fingerprint density at radius 1 is 1.42 bits per heavy atom. The second-order valence-electron chi connectivity index (χ2n) is 2.20. The van der Waals surface area contributed by atoms with Crippen molar-refractivity contribution < 1.29 is 24.9 Å². The molecule has 1 aliphatic heterocycles. The van der Waals surface area contributed by atoms with E-state index in [2.05, 4.69) is 4.74 Å². The van der Waals surface area contributed by atoms with Gasteiger partial charge in [0.1, 0.15) is 12.2 Å². The molecular weight excluding hydrogens is 188 g/mol. The van der Waals surface area contributed by atoms with Crippen LogP contribution in [0.5, 0.6) is 0 Å². The average Bonchev–Trinajstić information content (AvgIpc) is 1.94. The molecule has 5 nitrogen and oxygen atoms in total. The maximum absolute atomic E-state index is 10.3. The molecule has 0 aromatic carbocycles. The fourth-order valence-corrected chi connectivity index (χ4v) is 0.788. The number of carbonyl (C=O) groups is 1. The van der Waals surface area contributed by atoms with Crippen LogP contribution in [0.15, 0.2) is 12.3 Å². The molecule has 70 valence electrons. The Labute approximate surface area is 74.7 Å². The van der Waals surface area contributed by atoms with Crippen LogP contribution in [-0.2, 0) is 9.53 Å². The number of carboxylic acid groups (broad SMARTS) is 1. The van der Waals surface area contributed by atoms with E-state index < -0.39 is 24.3 Å². The summed E-state index contributed by atoms with van der Waals surface area (Å²) in [6.45, 7) is 0. The number of halogens is 1. The Balaban J connectivity index is 0.00000121. The van der Waals surface area contributed by atoms with Gasteiger partial charge in [0.2, 0.25) is 6.10 Å². The number of aliphatic carboxylic acids is 1. The van der Waals surface area contributed by atoms with Crippen molar-refractivity contribution >= 4 is 18.4 Å². The van der Waals surface area contributed by atoms with Gasteiger partial charge in [0.15, 0.2) is 0 Å². The summed E-state index contributed by atoms with van der Waals surface area (Å²) in [7, 11) is 0. The molecule has 0 spiro atoms. The van der Waals surface area contributed by atoms with Crippen molar-refractivity contribution in [3.8, 4) is 0 Å². The lowest BCUT2D eigenvalue weighted by molar-refractivity contribution is -0.159. The van der Waals surface area contributed by atoms with Crippen LogP contribution < -0.4 is 0 Å². The van der Waals surface area contributed by atoms with Gasteiger partial charge in [-0.3, -0.25) is 0 Å². The number of aliphatic hydroxyl groups is 2. The molecule has 0 fully saturated rings. The highest BCUT2D eigenvalue weighted by molar-refractivity contribution is 5.85. The molecule has 1 aliphatic rings. The summed E-state index contributed by atoms with van der Waals surface area (Å²) in [6, 6.07) is 0. The molecule has 0 amide bonds. The van der Waals surface area contributed by atoms with E-state index in [0.29, 0.717) is 0 Å². The highest BCUT2D eigenvalue weighted by atomic mass is 35.5. The summed E-state index contributed by atoms with van der Waals surface area (Å²) in [6.07, 6.45) is -1.67. The molecule has 0 unspecified atom stereocenters. The van der Waals surface area contributed by atoms with Crippen molar-refractivity contribution in [3.63, 3.8) is 0 Å². The Bertz CT molecular complexity index is 192. The topological polar surface area (TPSA) is 87.0 Å². The van der Waals surface area contributed by atoms with E-state index in [4.69, 9.17) is 15.3 Å². The first-order valence-electron chi connectivity index (χ1n) is 3.04. The molecule has 12 heavy (non-hydrogen) atoms. The lowest BCUT2D eigenvalue weighted by Gasteiger charge is -2.24. The molecule has 0 radical (unpaired) electrons. The van der Waals surface area contributed by atoms with Gasteiger partial charge in [0.25, 0.3) is 0 Å². The van der Waals surface area contributed by atoms with Gasteiger partial charge in [0, 0.05) is 0 Å². The fourth-order valence-electron chi connectivity index (χ4n) is 0.788. The zero-order valence-corrected chi connectivity index (χ0v) is 6.77. The van der Waals surface area contributed by atoms with Gasteiger partial charge < -0.3 is 20.1 Å². The molecule has 1 rings (SSSR count). The minimum atomic E-state index is -1.39. The van der Waals surface area contributed by atoms with Crippen LogP contribution >= 0.6 is 12.4 Å². The SMILES string of the molecule is Cl.O=C(O)[C@H]1OC=C[C@@H](O)[C@@H]1O. The average molecular weight is 197 g/mol. The third-order valence-electron chi connectivity index (χ3n) is 1.40. The van der Waals surface area contributed by atoms with E-state index in [1.165, 1.54) is 6.08 Å². The second-order valence-corrected chi connectivity index (χ2v) is 2.20. The fraction of sp³-hybridized carbons (Fsp3) is 0.500. The number of rotatable bonds is 1. The molecule has 0 saturated carbocycles. The zero-order chi connectivity index (χ0) is 8.43. The van der Waals surface area contributed by atoms with Crippen LogP contribution in [0, 0.1) is 0 Å². The standard InChI is InChI=1S/C6H8O5.ClH/c7-3-1-2-11-5(4(3)8)6(9)10;/h1-5,7-8H,(H,9,10);1H/t3-,4+,5+;/m1./s1. The maximum atomic E-state index is 10.3. The second kappa shape index (κ2) is 4.30. The van der Waals surface area contributed by atoms with Crippen molar-refractivity contribution in [3.05, 3.63) is 12.3 Å². The molecular formula is C6H9ClO5. The molecule has 6 heteroatoms. The highest BCUT2D eigenvalue weighted by Gasteiger charge is 2.34. The molecule has 3 atom stereocenters. The largest absolute Gasteiger partial charge is 0.484 e. The van der Waals surface area contributed by atoms with Gasteiger partial charge in [-0.2, -0.15) is 0 Å². The Kier molecular flexibility index (Phi) is 4.02. The predicted molar refractivity (Wildman–Crippen MR) is 40.9 cm³/mol. The zero-order valence-electron chi connectivity index (χ0n) is 5.95. The highest BCUT2D eigenvalue weighted by Crippen LogP contribution is 2.11. The number of carboxylic acids is 1. The summed E-state index contributed by atoms with van der Waals surface area (Å²) < 4.78 is 4.53. The minimum absolute atomic E-state index is 0. The van der Waals surface area contributed by atoms with Crippen LogP contribution in [-0.4, -0.2) is 39.6 Å². The van der Waals surface area contributed by atoms with Gasteiger partial charge in [0.05, 0.1) is 6.26 Å². The molecule has 0 bridgehead atoms.